The Morgan fingerprint density at radius 2 is 1.93 bits per heavy atom. The maximum atomic E-state index is 4.00. The minimum absolute atomic E-state index is 0.813. The second kappa shape index (κ2) is 5.55. The van der Waals surface area contributed by atoms with Gasteiger partial charge in [0.05, 0.1) is 0 Å². The van der Waals surface area contributed by atoms with Crippen LogP contribution in [0, 0.1) is 11.8 Å². The van der Waals surface area contributed by atoms with Gasteiger partial charge in [-0.05, 0) is 51.1 Å². The fraction of sp³-hybridized carbons (Fsp3) is 0.846. The van der Waals surface area contributed by atoms with E-state index in [0.717, 1.165) is 11.8 Å². The Hall–Kier alpha value is -0.300. The zero-order valence-electron chi connectivity index (χ0n) is 10.1. The smallest absolute Gasteiger partial charge is 0.000439 e. The average molecular weight is 195 g/mol. The van der Waals surface area contributed by atoms with Gasteiger partial charge in [0.15, 0.2) is 0 Å². The Labute approximate surface area is 89.2 Å². The molecule has 1 heterocycles. The first-order chi connectivity index (χ1) is 6.58. The zero-order chi connectivity index (χ0) is 10.6. The van der Waals surface area contributed by atoms with E-state index in [2.05, 4.69) is 32.3 Å². The number of nitrogens with zero attached hydrogens (tertiary/aromatic N) is 1. The molecular weight excluding hydrogens is 170 g/mol. The van der Waals surface area contributed by atoms with E-state index in [1.165, 1.54) is 44.5 Å². The summed E-state index contributed by atoms with van der Waals surface area (Å²) in [5, 5.41) is 0. The highest BCUT2D eigenvalue weighted by Crippen LogP contribution is 2.23. The van der Waals surface area contributed by atoms with Gasteiger partial charge >= 0.3 is 0 Å². The van der Waals surface area contributed by atoms with Gasteiger partial charge < -0.3 is 4.90 Å². The summed E-state index contributed by atoms with van der Waals surface area (Å²) in [6.45, 7) is 14.6. The molecule has 0 bridgehead atoms. The normalized spacial score (nSPS) is 20.3. The maximum absolute atomic E-state index is 4.00. The first kappa shape index (κ1) is 11.8. The number of piperidine rings is 1. The molecule has 1 saturated heterocycles. The minimum atomic E-state index is 0.813. The molecule has 1 aliphatic rings. The topological polar surface area (TPSA) is 3.24 Å². The number of hydrogen-bond acceptors (Lipinski definition) is 1. The van der Waals surface area contributed by atoms with E-state index in [0.29, 0.717) is 0 Å². The lowest BCUT2D eigenvalue weighted by Crippen LogP contribution is -2.36. The minimum Gasteiger partial charge on any atom is -0.303 e. The zero-order valence-corrected chi connectivity index (χ0v) is 10.1. The molecule has 1 rings (SSSR count). The fourth-order valence-electron chi connectivity index (χ4n) is 2.38. The molecule has 1 aliphatic heterocycles. The van der Waals surface area contributed by atoms with E-state index in [9.17, 15) is 0 Å². The van der Waals surface area contributed by atoms with Crippen LogP contribution in [0.15, 0.2) is 12.2 Å². The van der Waals surface area contributed by atoms with Crippen molar-refractivity contribution in [1.82, 2.24) is 4.90 Å². The largest absolute Gasteiger partial charge is 0.303 e. The van der Waals surface area contributed by atoms with Gasteiger partial charge in [0, 0.05) is 6.54 Å². The number of likely N-dealkylation sites (tertiary alicyclic amines) is 1. The molecule has 1 heteroatoms. The van der Waals surface area contributed by atoms with Crippen molar-refractivity contribution < 1.29 is 0 Å². The van der Waals surface area contributed by atoms with E-state index < -0.39 is 0 Å². The van der Waals surface area contributed by atoms with Crippen molar-refractivity contribution >= 4 is 0 Å². The summed E-state index contributed by atoms with van der Waals surface area (Å²) >= 11 is 0. The second-order valence-corrected chi connectivity index (χ2v) is 5.30. The van der Waals surface area contributed by atoms with Crippen molar-refractivity contribution in [3.8, 4) is 0 Å². The molecule has 0 aromatic rings. The Morgan fingerprint density at radius 3 is 2.36 bits per heavy atom. The third-order valence-corrected chi connectivity index (χ3v) is 2.97. The van der Waals surface area contributed by atoms with Gasteiger partial charge in [-0.3, -0.25) is 0 Å². The van der Waals surface area contributed by atoms with Gasteiger partial charge in [-0.2, -0.15) is 0 Å². The van der Waals surface area contributed by atoms with Crippen molar-refractivity contribution in [3.05, 3.63) is 12.2 Å². The van der Waals surface area contributed by atoms with Crippen LogP contribution in [0.3, 0.4) is 0 Å². The Balaban J connectivity index is 2.21. The van der Waals surface area contributed by atoms with Crippen molar-refractivity contribution in [2.45, 2.75) is 40.0 Å². The summed E-state index contributed by atoms with van der Waals surface area (Å²) in [5.74, 6) is 1.73. The molecule has 0 radical (unpaired) electrons. The monoisotopic (exact) mass is 195 g/mol. The van der Waals surface area contributed by atoms with Gasteiger partial charge in [0.25, 0.3) is 0 Å². The molecule has 0 amide bonds. The molecule has 0 atom stereocenters. The molecule has 0 aliphatic carbocycles. The van der Waals surface area contributed by atoms with Crippen LogP contribution in [0.5, 0.6) is 0 Å². The average Bonchev–Trinajstić information content (AvgIpc) is 2.06. The molecule has 0 aromatic heterocycles. The lowest BCUT2D eigenvalue weighted by molar-refractivity contribution is 0.167. The Kier molecular flexibility index (Phi) is 4.67. The van der Waals surface area contributed by atoms with Crippen molar-refractivity contribution in [2.24, 2.45) is 11.8 Å². The Morgan fingerprint density at radius 1 is 1.36 bits per heavy atom. The molecule has 1 fully saturated rings. The van der Waals surface area contributed by atoms with Crippen LogP contribution in [0.4, 0.5) is 0 Å². The van der Waals surface area contributed by atoms with Crippen LogP contribution in [-0.4, -0.2) is 24.5 Å². The second-order valence-electron chi connectivity index (χ2n) is 5.30. The molecule has 0 aromatic carbocycles. The van der Waals surface area contributed by atoms with Crippen molar-refractivity contribution in [2.75, 3.05) is 19.6 Å². The van der Waals surface area contributed by atoms with Crippen LogP contribution in [-0.2, 0) is 0 Å². The summed E-state index contributed by atoms with van der Waals surface area (Å²) in [5.41, 5.74) is 1.35. The highest BCUT2D eigenvalue weighted by Gasteiger charge is 2.19. The van der Waals surface area contributed by atoms with Gasteiger partial charge in [0.2, 0.25) is 0 Å². The Bertz CT molecular complexity index is 176. The van der Waals surface area contributed by atoms with Gasteiger partial charge in [0.1, 0.15) is 0 Å². The standard InChI is InChI=1S/C13H25N/c1-11(2)9-13-5-7-14(8-6-13)10-12(3)4/h12-13H,1,5-10H2,2-4H3. The van der Waals surface area contributed by atoms with E-state index in [1.807, 2.05) is 0 Å². The van der Waals surface area contributed by atoms with Crippen LogP contribution in [0.25, 0.3) is 0 Å². The molecule has 0 unspecified atom stereocenters. The summed E-state index contributed by atoms with van der Waals surface area (Å²) in [6, 6.07) is 0. The van der Waals surface area contributed by atoms with E-state index in [1.54, 1.807) is 0 Å². The SMILES string of the molecule is C=C(C)CC1CCN(CC(C)C)CC1. The molecule has 14 heavy (non-hydrogen) atoms. The van der Waals surface area contributed by atoms with Gasteiger partial charge in [-0.1, -0.05) is 19.4 Å². The summed E-state index contributed by atoms with van der Waals surface area (Å²) in [4.78, 5) is 2.61. The molecule has 1 nitrogen and oxygen atoms in total. The van der Waals surface area contributed by atoms with Gasteiger partial charge in [-0.25, -0.2) is 0 Å². The van der Waals surface area contributed by atoms with Gasteiger partial charge in [-0.15, -0.1) is 6.58 Å². The summed E-state index contributed by atoms with van der Waals surface area (Å²) in [7, 11) is 0. The summed E-state index contributed by atoms with van der Waals surface area (Å²) < 4.78 is 0. The van der Waals surface area contributed by atoms with Crippen LogP contribution < -0.4 is 0 Å². The third kappa shape index (κ3) is 4.28. The molecule has 0 saturated carbocycles. The van der Waals surface area contributed by atoms with Crippen molar-refractivity contribution in [1.29, 1.82) is 0 Å². The lowest BCUT2D eigenvalue weighted by atomic mass is 9.91. The predicted molar refractivity (Wildman–Crippen MR) is 63.4 cm³/mol. The van der Waals surface area contributed by atoms with Crippen LogP contribution in [0.1, 0.15) is 40.0 Å². The number of hydrogen-bond donors (Lipinski definition) is 0. The molecule has 0 spiro atoms. The number of allylic oxidation sites excluding steroid dienone is 1. The number of rotatable bonds is 4. The maximum Gasteiger partial charge on any atom is 0.000439 e. The van der Waals surface area contributed by atoms with E-state index >= 15 is 0 Å². The highest BCUT2D eigenvalue weighted by atomic mass is 15.1. The quantitative estimate of drug-likeness (QED) is 0.622. The molecule has 0 N–H and O–H groups in total. The molecular formula is C13H25N. The predicted octanol–water partition coefficient (Wildman–Crippen LogP) is 3.32. The lowest BCUT2D eigenvalue weighted by Gasteiger charge is -2.33. The van der Waals surface area contributed by atoms with E-state index in [-0.39, 0.29) is 0 Å². The third-order valence-electron chi connectivity index (χ3n) is 2.97. The molecule has 82 valence electrons. The first-order valence-corrected chi connectivity index (χ1v) is 5.94. The highest BCUT2D eigenvalue weighted by molar-refractivity contribution is 4.91. The van der Waals surface area contributed by atoms with Crippen LogP contribution >= 0.6 is 0 Å². The van der Waals surface area contributed by atoms with Crippen LogP contribution in [0.2, 0.25) is 0 Å². The van der Waals surface area contributed by atoms with Crippen molar-refractivity contribution in [3.63, 3.8) is 0 Å². The first-order valence-electron chi connectivity index (χ1n) is 5.94. The van der Waals surface area contributed by atoms with E-state index in [4.69, 9.17) is 0 Å². The summed E-state index contributed by atoms with van der Waals surface area (Å²) in [6.07, 6.45) is 3.99. The fourth-order valence-corrected chi connectivity index (χ4v) is 2.38.